The Morgan fingerprint density at radius 2 is 0.714 bits per heavy atom. The SMILES string of the molecule is CC/C=C\C/C=C\C/C=C\C/C=C\C/C=C\C/C=C\C/C=C\CC(=O)OCC(O)COP(=O)(O)OCC(O)COP(=O)(O)OCC(O)COC(=O)CCCCCC/C=C\C/C=C\C/C=C\CCCCC. The molecule has 0 rings (SSSR count). The van der Waals surface area contributed by atoms with E-state index in [-0.39, 0.29) is 12.8 Å². The smallest absolute Gasteiger partial charge is 0.463 e. The summed E-state index contributed by atoms with van der Waals surface area (Å²) >= 11 is 0. The van der Waals surface area contributed by atoms with Crippen molar-refractivity contribution in [3.63, 3.8) is 0 Å². The number of unbranched alkanes of at least 4 members (excludes halogenated alkanes) is 7. The first kappa shape index (κ1) is 66.4. The lowest BCUT2D eigenvalue weighted by atomic mass is 10.1. The molecule has 5 atom stereocenters. The van der Waals surface area contributed by atoms with Crippen molar-refractivity contribution in [2.24, 2.45) is 0 Å². The van der Waals surface area contributed by atoms with Crippen molar-refractivity contribution >= 4 is 27.6 Å². The lowest BCUT2D eigenvalue weighted by Gasteiger charge is -2.19. The van der Waals surface area contributed by atoms with Gasteiger partial charge in [-0.2, -0.15) is 0 Å². The van der Waals surface area contributed by atoms with E-state index in [4.69, 9.17) is 9.47 Å². The molecule has 0 aliphatic carbocycles. The van der Waals surface area contributed by atoms with Gasteiger partial charge in [0.15, 0.2) is 0 Å². The van der Waals surface area contributed by atoms with Crippen molar-refractivity contribution in [1.82, 2.24) is 0 Å². The quantitative estimate of drug-likeness (QED) is 0.0165. The molecule has 0 aliphatic rings. The molecule has 5 unspecified atom stereocenters. The average Bonchev–Trinajstić information content (AvgIpc) is 3.34. The largest absolute Gasteiger partial charge is 0.472 e. The molecule has 0 saturated carbocycles. The van der Waals surface area contributed by atoms with E-state index in [1.54, 1.807) is 12.2 Å². The Morgan fingerprint density at radius 3 is 1.10 bits per heavy atom. The van der Waals surface area contributed by atoms with Gasteiger partial charge in [-0.3, -0.25) is 27.7 Å². The van der Waals surface area contributed by atoms with E-state index in [0.29, 0.717) is 12.8 Å². The predicted molar refractivity (Wildman–Crippen MR) is 278 cm³/mol. The number of phosphoric ester groups is 2. The molecule has 0 saturated heterocycles. The molecule has 0 heterocycles. The van der Waals surface area contributed by atoms with Crippen LogP contribution in [0.1, 0.15) is 142 Å². The third-order valence-electron chi connectivity index (χ3n) is 9.43. The standard InChI is InChI=1S/C53H86O15P2/c1-3-5-7-9-11-13-15-17-19-21-22-23-24-26-28-30-32-34-36-38-40-42-53(58)64-44-50(55)46-66-70(61,62)68-48-51(56)47-67-69(59,60)65-45-49(54)43-63-52(57)41-39-37-35-33-31-29-27-25-20-18-16-14-12-10-8-6-4-2/h5,7,11-14,17-20,22-23,26-29,32,34,38,40,49-51,54-56H,3-4,6,8-10,15-16,21,24-25,30-31,33,35-37,39,41-48H2,1-2H3,(H,59,60)(H,61,62)/b7-5-,13-11-,14-12-,19-17-,20-18-,23-22-,28-26-,29-27-,34-32-,40-38-. The van der Waals surface area contributed by atoms with Gasteiger partial charge in [-0.15, -0.1) is 0 Å². The number of aliphatic hydroxyl groups is 3. The van der Waals surface area contributed by atoms with Gasteiger partial charge >= 0.3 is 27.6 Å². The first-order valence-electron chi connectivity index (χ1n) is 24.9. The summed E-state index contributed by atoms with van der Waals surface area (Å²) in [5.74, 6) is -1.15. The molecule has 0 fully saturated rings. The maximum absolute atomic E-state index is 12.2. The zero-order valence-electron chi connectivity index (χ0n) is 41.9. The van der Waals surface area contributed by atoms with Crippen LogP contribution in [0.25, 0.3) is 0 Å². The minimum Gasteiger partial charge on any atom is -0.463 e. The van der Waals surface area contributed by atoms with E-state index in [2.05, 4.69) is 129 Å². The van der Waals surface area contributed by atoms with Crippen LogP contribution in [-0.2, 0) is 46.3 Å². The number of esters is 2. The number of allylic oxidation sites excluding steroid dienone is 19. The second-order valence-electron chi connectivity index (χ2n) is 16.1. The summed E-state index contributed by atoms with van der Waals surface area (Å²) in [6.07, 6.45) is 54.9. The molecule has 0 amide bonds. The maximum atomic E-state index is 12.2. The summed E-state index contributed by atoms with van der Waals surface area (Å²) in [7, 11) is -9.63. The summed E-state index contributed by atoms with van der Waals surface area (Å²) in [6, 6.07) is 0. The highest BCUT2D eigenvalue weighted by Gasteiger charge is 2.28. The highest BCUT2D eigenvalue weighted by Crippen LogP contribution is 2.45. The average molecular weight is 1030 g/mol. The van der Waals surface area contributed by atoms with Crippen LogP contribution in [0.2, 0.25) is 0 Å². The first-order chi connectivity index (χ1) is 33.8. The monoisotopic (exact) mass is 1020 g/mol. The molecule has 17 heteroatoms. The highest BCUT2D eigenvalue weighted by molar-refractivity contribution is 7.47. The van der Waals surface area contributed by atoms with Crippen molar-refractivity contribution in [1.29, 1.82) is 0 Å². The van der Waals surface area contributed by atoms with Gasteiger partial charge in [0.05, 0.1) is 32.8 Å². The van der Waals surface area contributed by atoms with Crippen LogP contribution in [0.15, 0.2) is 122 Å². The molecule has 0 aromatic rings. The number of aliphatic hydroxyl groups excluding tert-OH is 3. The van der Waals surface area contributed by atoms with E-state index in [1.165, 1.54) is 19.3 Å². The van der Waals surface area contributed by atoms with Crippen molar-refractivity contribution < 1.29 is 71.4 Å². The van der Waals surface area contributed by atoms with Crippen LogP contribution in [0.5, 0.6) is 0 Å². The van der Waals surface area contributed by atoms with Crippen LogP contribution < -0.4 is 0 Å². The number of carbonyl (C=O) groups is 2. The number of ether oxygens (including phenoxy) is 2. The minimum atomic E-state index is -4.82. The lowest BCUT2D eigenvalue weighted by Crippen LogP contribution is -2.25. The Labute approximate surface area is 419 Å². The molecular formula is C53H86O15P2. The van der Waals surface area contributed by atoms with Crippen molar-refractivity contribution in [3.05, 3.63) is 122 Å². The fourth-order valence-corrected chi connectivity index (χ4v) is 7.19. The summed E-state index contributed by atoms with van der Waals surface area (Å²) in [4.78, 5) is 43.7. The minimum absolute atomic E-state index is 0.0457. The van der Waals surface area contributed by atoms with E-state index < -0.39 is 85.5 Å². The van der Waals surface area contributed by atoms with Crippen molar-refractivity contribution in [3.8, 4) is 0 Å². The number of rotatable bonds is 46. The molecule has 0 radical (unpaired) electrons. The van der Waals surface area contributed by atoms with Crippen LogP contribution in [0.3, 0.4) is 0 Å². The fourth-order valence-electron chi connectivity index (χ4n) is 5.60. The molecule has 0 aromatic carbocycles. The van der Waals surface area contributed by atoms with Crippen LogP contribution >= 0.6 is 15.6 Å². The molecule has 0 aliphatic heterocycles. The Balaban J connectivity index is 4.02. The summed E-state index contributed by atoms with van der Waals surface area (Å²) < 4.78 is 52.9. The molecule has 0 bridgehead atoms. The Kier molecular flexibility index (Phi) is 45.3. The van der Waals surface area contributed by atoms with Crippen LogP contribution in [0, 0.1) is 0 Å². The number of carbonyl (C=O) groups excluding carboxylic acids is 2. The van der Waals surface area contributed by atoms with Gasteiger partial charge in [0.25, 0.3) is 0 Å². The van der Waals surface area contributed by atoms with Gasteiger partial charge in [0, 0.05) is 6.42 Å². The third kappa shape index (κ3) is 49.4. The molecule has 5 N–H and O–H groups in total. The van der Waals surface area contributed by atoms with Crippen LogP contribution in [0.4, 0.5) is 0 Å². The van der Waals surface area contributed by atoms with Gasteiger partial charge in [0.2, 0.25) is 0 Å². The van der Waals surface area contributed by atoms with Gasteiger partial charge in [-0.1, -0.05) is 161 Å². The molecule has 0 spiro atoms. The highest BCUT2D eigenvalue weighted by atomic mass is 31.2. The van der Waals surface area contributed by atoms with Gasteiger partial charge in [-0.05, 0) is 89.9 Å². The van der Waals surface area contributed by atoms with Gasteiger partial charge in [-0.25, -0.2) is 9.13 Å². The van der Waals surface area contributed by atoms with Crippen LogP contribution in [-0.4, -0.2) is 95.0 Å². The first-order valence-corrected chi connectivity index (χ1v) is 27.9. The molecular weight excluding hydrogens is 939 g/mol. The van der Waals surface area contributed by atoms with E-state index in [0.717, 1.165) is 83.5 Å². The van der Waals surface area contributed by atoms with Gasteiger partial charge in [0.1, 0.15) is 31.5 Å². The topological polar surface area (TPSA) is 225 Å². The second-order valence-corrected chi connectivity index (χ2v) is 19.0. The Hall–Kier alpha value is -3.56. The normalized spacial score (nSPS) is 15.9. The number of hydrogen-bond acceptors (Lipinski definition) is 13. The molecule has 15 nitrogen and oxygen atoms in total. The second kappa shape index (κ2) is 47.7. The van der Waals surface area contributed by atoms with Crippen molar-refractivity contribution in [2.75, 3.05) is 39.6 Å². The molecule has 398 valence electrons. The van der Waals surface area contributed by atoms with Gasteiger partial charge < -0.3 is 34.6 Å². The fraction of sp³-hybridized carbons (Fsp3) is 0.585. The zero-order valence-corrected chi connectivity index (χ0v) is 43.7. The third-order valence-corrected chi connectivity index (χ3v) is 11.3. The zero-order chi connectivity index (χ0) is 51.7. The maximum Gasteiger partial charge on any atom is 0.472 e. The summed E-state index contributed by atoms with van der Waals surface area (Å²) in [5.41, 5.74) is 0. The van der Waals surface area contributed by atoms with E-state index >= 15 is 0 Å². The summed E-state index contributed by atoms with van der Waals surface area (Å²) in [5, 5.41) is 30.0. The lowest BCUT2D eigenvalue weighted by molar-refractivity contribution is -0.147. The van der Waals surface area contributed by atoms with E-state index in [9.17, 15) is 43.8 Å². The van der Waals surface area contributed by atoms with Crippen molar-refractivity contribution in [2.45, 2.75) is 161 Å². The number of phosphoric acid groups is 2. The Bertz CT molecular complexity index is 1710. The molecule has 70 heavy (non-hydrogen) atoms. The van der Waals surface area contributed by atoms with E-state index in [1.807, 2.05) is 12.2 Å². The Morgan fingerprint density at radius 1 is 0.400 bits per heavy atom. The summed E-state index contributed by atoms with van der Waals surface area (Å²) in [6.45, 7) is 0.0995. The molecule has 0 aromatic heterocycles. The predicted octanol–water partition coefficient (Wildman–Crippen LogP) is 11.8. The number of hydrogen-bond donors (Lipinski definition) is 5.